The molecular formula is C14H17ClF3NO. The summed E-state index contributed by atoms with van der Waals surface area (Å²) in [5.41, 5.74) is -0.754. The third-order valence-corrected chi connectivity index (χ3v) is 3.66. The second kappa shape index (κ2) is 6.68. The van der Waals surface area contributed by atoms with Gasteiger partial charge < -0.3 is 10.1 Å². The molecule has 0 spiro atoms. The third kappa shape index (κ3) is 4.03. The van der Waals surface area contributed by atoms with Gasteiger partial charge in [0.1, 0.15) is 0 Å². The largest absolute Gasteiger partial charge is 0.418 e. The molecule has 1 aromatic rings. The maximum Gasteiger partial charge on any atom is 0.418 e. The van der Waals surface area contributed by atoms with Crippen molar-refractivity contribution in [3.8, 4) is 0 Å². The molecule has 0 radical (unpaired) electrons. The van der Waals surface area contributed by atoms with Crippen LogP contribution in [0, 0.1) is 0 Å². The van der Waals surface area contributed by atoms with Gasteiger partial charge in [-0.3, -0.25) is 0 Å². The second-order valence-electron chi connectivity index (χ2n) is 4.86. The first-order chi connectivity index (χ1) is 9.48. The first kappa shape index (κ1) is 15.4. The summed E-state index contributed by atoms with van der Waals surface area (Å²) < 4.78 is 44.1. The van der Waals surface area contributed by atoms with E-state index in [2.05, 4.69) is 5.32 Å². The summed E-state index contributed by atoms with van der Waals surface area (Å²) in [6.07, 6.45) is -0.417. The van der Waals surface area contributed by atoms with Crippen LogP contribution in [0.1, 0.15) is 31.2 Å². The van der Waals surface area contributed by atoms with E-state index < -0.39 is 11.7 Å². The molecule has 1 saturated heterocycles. The van der Waals surface area contributed by atoms with Crippen LogP contribution in [-0.4, -0.2) is 19.3 Å². The lowest BCUT2D eigenvalue weighted by Crippen LogP contribution is -2.13. The maximum atomic E-state index is 12.9. The molecule has 0 saturated carbocycles. The SMILES string of the molecule is FC(F)(F)c1cccc(Cl)c1NCCCC1CCCO1. The monoisotopic (exact) mass is 307 g/mol. The molecule has 1 atom stereocenters. The average Bonchev–Trinajstić information content (AvgIpc) is 2.88. The molecule has 20 heavy (non-hydrogen) atoms. The lowest BCUT2D eigenvalue weighted by molar-refractivity contribution is -0.136. The Bertz CT molecular complexity index is 445. The average molecular weight is 308 g/mol. The number of alkyl halides is 3. The summed E-state index contributed by atoms with van der Waals surface area (Å²) >= 11 is 5.85. The summed E-state index contributed by atoms with van der Waals surface area (Å²) in [4.78, 5) is 0. The van der Waals surface area contributed by atoms with Crippen molar-refractivity contribution in [3.63, 3.8) is 0 Å². The van der Waals surface area contributed by atoms with E-state index in [1.54, 1.807) is 0 Å². The number of halogens is 4. The quantitative estimate of drug-likeness (QED) is 0.794. The molecule has 1 N–H and O–H groups in total. The van der Waals surface area contributed by atoms with Gasteiger partial charge in [0.2, 0.25) is 0 Å². The number of hydrogen-bond acceptors (Lipinski definition) is 2. The predicted molar refractivity (Wildman–Crippen MR) is 73.2 cm³/mol. The Labute approximate surface area is 121 Å². The van der Waals surface area contributed by atoms with Gasteiger partial charge in [-0.1, -0.05) is 17.7 Å². The molecule has 1 aromatic carbocycles. The van der Waals surface area contributed by atoms with Gasteiger partial charge >= 0.3 is 6.18 Å². The highest BCUT2D eigenvalue weighted by molar-refractivity contribution is 6.33. The van der Waals surface area contributed by atoms with E-state index in [-0.39, 0.29) is 16.8 Å². The van der Waals surface area contributed by atoms with Crippen LogP contribution in [0.2, 0.25) is 5.02 Å². The van der Waals surface area contributed by atoms with Crippen LogP contribution in [-0.2, 0) is 10.9 Å². The normalized spacial score (nSPS) is 19.3. The Morgan fingerprint density at radius 2 is 2.15 bits per heavy atom. The van der Waals surface area contributed by atoms with Gasteiger partial charge in [0.05, 0.1) is 22.4 Å². The molecule has 0 amide bonds. The van der Waals surface area contributed by atoms with Crippen molar-refractivity contribution in [2.75, 3.05) is 18.5 Å². The smallest absolute Gasteiger partial charge is 0.383 e. The summed E-state index contributed by atoms with van der Waals surface area (Å²) in [7, 11) is 0. The van der Waals surface area contributed by atoms with E-state index in [4.69, 9.17) is 16.3 Å². The first-order valence-electron chi connectivity index (χ1n) is 6.69. The van der Waals surface area contributed by atoms with Crippen molar-refractivity contribution in [1.29, 1.82) is 0 Å². The number of para-hydroxylation sites is 1. The van der Waals surface area contributed by atoms with Crippen molar-refractivity contribution in [2.45, 2.75) is 38.0 Å². The summed E-state index contributed by atoms with van der Waals surface area (Å²) in [5.74, 6) is 0. The highest BCUT2D eigenvalue weighted by atomic mass is 35.5. The minimum absolute atomic E-state index is 0.0333. The number of nitrogens with one attached hydrogen (secondary N) is 1. The standard InChI is InChI=1S/C14H17ClF3NO/c15-12-7-1-6-11(14(16,17)18)13(12)19-8-2-4-10-5-3-9-20-10/h1,6-7,10,19H,2-5,8-9H2. The van der Waals surface area contributed by atoms with Crippen LogP contribution in [0.25, 0.3) is 0 Å². The number of ether oxygens (including phenoxy) is 1. The molecule has 1 aliphatic heterocycles. The van der Waals surface area contributed by atoms with Gasteiger partial charge in [-0.05, 0) is 37.8 Å². The summed E-state index contributed by atoms with van der Waals surface area (Å²) in [6.45, 7) is 1.24. The Balaban J connectivity index is 1.91. The van der Waals surface area contributed by atoms with Gasteiger partial charge in [-0.15, -0.1) is 0 Å². The summed E-state index contributed by atoms with van der Waals surface area (Å²) in [6, 6.07) is 3.80. The van der Waals surface area contributed by atoms with E-state index in [0.29, 0.717) is 6.54 Å². The Morgan fingerprint density at radius 3 is 2.80 bits per heavy atom. The molecule has 6 heteroatoms. The van der Waals surface area contributed by atoms with Crippen molar-refractivity contribution in [3.05, 3.63) is 28.8 Å². The van der Waals surface area contributed by atoms with Crippen molar-refractivity contribution in [1.82, 2.24) is 0 Å². The molecule has 1 heterocycles. The fraction of sp³-hybridized carbons (Fsp3) is 0.571. The van der Waals surface area contributed by atoms with Crippen molar-refractivity contribution >= 4 is 17.3 Å². The van der Waals surface area contributed by atoms with Crippen LogP contribution in [0.4, 0.5) is 18.9 Å². The van der Waals surface area contributed by atoms with Crippen LogP contribution in [0.15, 0.2) is 18.2 Å². The molecule has 0 bridgehead atoms. The van der Waals surface area contributed by atoms with Crippen LogP contribution in [0.3, 0.4) is 0 Å². The zero-order valence-electron chi connectivity index (χ0n) is 11.0. The van der Waals surface area contributed by atoms with Crippen molar-refractivity contribution in [2.24, 2.45) is 0 Å². The minimum Gasteiger partial charge on any atom is -0.383 e. The molecule has 1 unspecified atom stereocenters. The van der Waals surface area contributed by atoms with E-state index >= 15 is 0 Å². The first-order valence-corrected chi connectivity index (χ1v) is 7.07. The van der Waals surface area contributed by atoms with Crippen LogP contribution >= 0.6 is 11.6 Å². The third-order valence-electron chi connectivity index (χ3n) is 3.35. The number of hydrogen-bond donors (Lipinski definition) is 1. The van der Waals surface area contributed by atoms with E-state index in [9.17, 15) is 13.2 Å². The Hall–Kier alpha value is -0.940. The Kier molecular flexibility index (Phi) is 5.16. The topological polar surface area (TPSA) is 21.3 Å². The van der Waals surface area contributed by atoms with E-state index in [1.165, 1.54) is 12.1 Å². The van der Waals surface area contributed by atoms with E-state index in [1.807, 2.05) is 0 Å². The zero-order valence-corrected chi connectivity index (χ0v) is 11.7. The van der Waals surface area contributed by atoms with Gasteiger partial charge in [0.25, 0.3) is 0 Å². The fourth-order valence-electron chi connectivity index (χ4n) is 2.36. The van der Waals surface area contributed by atoms with Gasteiger partial charge in [-0.2, -0.15) is 13.2 Å². The number of rotatable bonds is 5. The maximum absolute atomic E-state index is 12.9. The number of benzene rings is 1. The van der Waals surface area contributed by atoms with E-state index in [0.717, 1.165) is 38.4 Å². The number of anilines is 1. The minimum atomic E-state index is -4.40. The van der Waals surface area contributed by atoms with Gasteiger partial charge in [0, 0.05) is 13.2 Å². The predicted octanol–water partition coefficient (Wildman–Crippen LogP) is 4.73. The van der Waals surface area contributed by atoms with Crippen LogP contribution < -0.4 is 5.32 Å². The molecular weight excluding hydrogens is 291 g/mol. The highest BCUT2D eigenvalue weighted by Crippen LogP contribution is 2.38. The molecule has 1 fully saturated rings. The Morgan fingerprint density at radius 1 is 1.35 bits per heavy atom. The van der Waals surface area contributed by atoms with Gasteiger partial charge in [0.15, 0.2) is 0 Å². The lowest BCUT2D eigenvalue weighted by atomic mass is 10.1. The van der Waals surface area contributed by atoms with Crippen molar-refractivity contribution < 1.29 is 17.9 Å². The van der Waals surface area contributed by atoms with Gasteiger partial charge in [-0.25, -0.2) is 0 Å². The fourth-order valence-corrected chi connectivity index (χ4v) is 2.60. The molecule has 112 valence electrons. The molecule has 0 aromatic heterocycles. The summed E-state index contributed by atoms with van der Waals surface area (Å²) in [5, 5.41) is 2.90. The molecule has 0 aliphatic carbocycles. The molecule has 2 nitrogen and oxygen atoms in total. The second-order valence-corrected chi connectivity index (χ2v) is 5.27. The lowest BCUT2D eigenvalue weighted by Gasteiger charge is -2.16. The zero-order chi connectivity index (χ0) is 14.6. The molecule has 1 aliphatic rings. The molecule has 2 rings (SSSR count). The highest BCUT2D eigenvalue weighted by Gasteiger charge is 2.34. The van der Waals surface area contributed by atoms with Crippen LogP contribution in [0.5, 0.6) is 0 Å².